The van der Waals surface area contributed by atoms with Crippen LogP contribution in [0.25, 0.3) is 0 Å². The maximum atomic E-state index is 12.0. The van der Waals surface area contributed by atoms with Gasteiger partial charge in [-0.15, -0.1) is 0 Å². The molecule has 3 unspecified atom stereocenters. The van der Waals surface area contributed by atoms with Crippen molar-refractivity contribution in [3.8, 4) is 0 Å². The summed E-state index contributed by atoms with van der Waals surface area (Å²) in [6.45, 7) is 5.54. The van der Waals surface area contributed by atoms with E-state index in [9.17, 15) is 9.59 Å². The second-order valence-electron chi connectivity index (χ2n) is 6.60. The number of fused-ring (bicyclic) bond motifs is 2. The highest BCUT2D eigenvalue weighted by Gasteiger charge is 2.42. The molecule has 2 saturated carbocycles. The van der Waals surface area contributed by atoms with Gasteiger partial charge in [-0.3, -0.25) is 4.79 Å². The van der Waals surface area contributed by atoms with Crippen LogP contribution in [0, 0.1) is 17.8 Å². The predicted molar refractivity (Wildman–Crippen MR) is 68.2 cm³/mol. The van der Waals surface area contributed by atoms with Crippen LogP contribution >= 0.6 is 0 Å². The molecule has 4 nitrogen and oxygen atoms in total. The highest BCUT2D eigenvalue weighted by molar-refractivity contribution is 5.86. The van der Waals surface area contributed by atoms with E-state index in [0.29, 0.717) is 5.92 Å². The first-order valence-corrected chi connectivity index (χ1v) is 6.85. The van der Waals surface area contributed by atoms with E-state index in [1.54, 1.807) is 0 Å². The van der Waals surface area contributed by atoms with Gasteiger partial charge in [0.15, 0.2) is 5.78 Å². The average molecular weight is 253 g/mol. The van der Waals surface area contributed by atoms with Crippen LogP contribution in [-0.2, 0) is 9.53 Å². The summed E-state index contributed by atoms with van der Waals surface area (Å²) in [4.78, 5) is 23.5. The summed E-state index contributed by atoms with van der Waals surface area (Å²) in [6, 6.07) is 0. The maximum absolute atomic E-state index is 12.0. The fourth-order valence-electron chi connectivity index (χ4n) is 3.24. The molecule has 2 rings (SSSR count). The first-order chi connectivity index (χ1) is 8.35. The van der Waals surface area contributed by atoms with Gasteiger partial charge in [-0.2, -0.15) is 0 Å². The predicted octanol–water partition coefficient (Wildman–Crippen LogP) is 2.52. The average Bonchev–Trinajstić information content (AvgIpc) is 2.84. The second-order valence-corrected chi connectivity index (χ2v) is 6.60. The topological polar surface area (TPSA) is 55.4 Å². The van der Waals surface area contributed by atoms with Crippen molar-refractivity contribution in [2.24, 2.45) is 17.8 Å². The molecule has 2 fully saturated rings. The molecule has 0 aromatic rings. The van der Waals surface area contributed by atoms with Crippen LogP contribution < -0.4 is 5.32 Å². The largest absolute Gasteiger partial charge is 0.444 e. The zero-order chi connectivity index (χ0) is 13.3. The number of Topliss-reactive ketones (excluding diaryl/α,β-unsaturated/α-hetero) is 1. The number of carbonyl (C=O) groups is 2. The third kappa shape index (κ3) is 3.24. The van der Waals surface area contributed by atoms with Crippen molar-refractivity contribution >= 4 is 11.9 Å². The van der Waals surface area contributed by atoms with E-state index < -0.39 is 11.7 Å². The van der Waals surface area contributed by atoms with Gasteiger partial charge in [0.05, 0.1) is 6.54 Å². The molecule has 0 radical (unpaired) electrons. The van der Waals surface area contributed by atoms with E-state index in [1.807, 2.05) is 20.8 Å². The molecule has 1 N–H and O–H groups in total. The van der Waals surface area contributed by atoms with E-state index in [-0.39, 0.29) is 18.2 Å². The Balaban J connectivity index is 1.74. The Morgan fingerprint density at radius 2 is 1.94 bits per heavy atom. The number of hydrogen-bond donors (Lipinski definition) is 1. The van der Waals surface area contributed by atoms with E-state index in [1.165, 1.54) is 19.3 Å². The van der Waals surface area contributed by atoms with Crippen molar-refractivity contribution in [1.29, 1.82) is 0 Å². The zero-order valence-corrected chi connectivity index (χ0v) is 11.5. The van der Waals surface area contributed by atoms with Gasteiger partial charge >= 0.3 is 6.09 Å². The summed E-state index contributed by atoms with van der Waals surface area (Å²) < 4.78 is 5.11. The van der Waals surface area contributed by atoms with E-state index >= 15 is 0 Å². The molecule has 0 spiro atoms. The number of nitrogens with one attached hydrogen (secondary N) is 1. The van der Waals surface area contributed by atoms with E-state index in [2.05, 4.69) is 5.32 Å². The Hall–Kier alpha value is -1.06. The molecule has 0 aromatic carbocycles. The molecule has 102 valence electrons. The molecular formula is C14H23NO3. The van der Waals surface area contributed by atoms with Crippen molar-refractivity contribution in [1.82, 2.24) is 5.32 Å². The van der Waals surface area contributed by atoms with Crippen LogP contribution in [0.5, 0.6) is 0 Å². The Bertz CT molecular complexity index is 345. The van der Waals surface area contributed by atoms with Gasteiger partial charge in [0.25, 0.3) is 0 Å². The number of amides is 1. The lowest BCUT2D eigenvalue weighted by atomic mass is 9.85. The van der Waals surface area contributed by atoms with E-state index in [0.717, 1.165) is 12.3 Å². The van der Waals surface area contributed by atoms with Gasteiger partial charge in [-0.05, 0) is 51.9 Å². The Kier molecular flexibility index (Phi) is 3.64. The molecule has 2 aliphatic rings. The quantitative estimate of drug-likeness (QED) is 0.840. The standard InChI is InChI=1S/C14H23NO3/c1-14(2,3)18-13(17)15-8-12(16)11-7-9-4-5-10(11)6-9/h9-11H,4-8H2,1-3H3,(H,15,17). The third-order valence-electron chi connectivity index (χ3n) is 3.96. The Morgan fingerprint density at radius 1 is 1.22 bits per heavy atom. The van der Waals surface area contributed by atoms with Crippen molar-refractivity contribution in [3.05, 3.63) is 0 Å². The molecule has 3 atom stereocenters. The normalized spacial score (nSPS) is 30.3. The molecule has 2 bridgehead atoms. The van der Waals surface area contributed by atoms with Gasteiger partial charge < -0.3 is 10.1 Å². The monoisotopic (exact) mass is 253 g/mol. The summed E-state index contributed by atoms with van der Waals surface area (Å²) in [5.41, 5.74) is -0.514. The number of ketones is 1. The van der Waals surface area contributed by atoms with Gasteiger partial charge in [-0.25, -0.2) is 4.79 Å². The molecule has 2 aliphatic carbocycles. The minimum Gasteiger partial charge on any atom is -0.444 e. The lowest BCUT2D eigenvalue weighted by Crippen LogP contribution is -2.38. The molecule has 0 aliphatic heterocycles. The maximum Gasteiger partial charge on any atom is 0.408 e. The van der Waals surface area contributed by atoms with Crippen LogP contribution in [0.3, 0.4) is 0 Å². The highest BCUT2D eigenvalue weighted by atomic mass is 16.6. The molecule has 4 heteroatoms. The molecule has 18 heavy (non-hydrogen) atoms. The van der Waals surface area contributed by atoms with E-state index in [4.69, 9.17) is 4.74 Å². The van der Waals surface area contributed by atoms with Gasteiger partial charge in [-0.1, -0.05) is 6.42 Å². The minimum absolute atomic E-state index is 0.114. The summed E-state index contributed by atoms with van der Waals surface area (Å²) >= 11 is 0. The first kappa shape index (κ1) is 13.4. The Labute approximate surface area is 108 Å². The number of alkyl carbamates (subject to hydrolysis) is 1. The van der Waals surface area contributed by atoms with Crippen molar-refractivity contribution in [2.75, 3.05) is 6.54 Å². The third-order valence-corrected chi connectivity index (χ3v) is 3.96. The summed E-state index contributed by atoms with van der Waals surface area (Å²) in [6.07, 6.45) is 4.21. The van der Waals surface area contributed by atoms with Crippen molar-refractivity contribution < 1.29 is 14.3 Å². The van der Waals surface area contributed by atoms with Gasteiger partial charge in [0, 0.05) is 5.92 Å². The lowest BCUT2D eigenvalue weighted by Gasteiger charge is -2.22. The van der Waals surface area contributed by atoms with Crippen LogP contribution in [0.2, 0.25) is 0 Å². The first-order valence-electron chi connectivity index (χ1n) is 6.85. The van der Waals surface area contributed by atoms with Crippen LogP contribution in [0.15, 0.2) is 0 Å². The van der Waals surface area contributed by atoms with Crippen molar-refractivity contribution in [3.63, 3.8) is 0 Å². The van der Waals surface area contributed by atoms with Crippen molar-refractivity contribution in [2.45, 2.75) is 52.1 Å². The molecule has 0 heterocycles. The highest BCUT2D eigenvalue weighted by Crippen LogP contribution is 2.48. The molecule has 1 amide bonds. The van der Waals surface area contributed by atoms with Gasteiger partial charge in [0.2, 0.25) is 0 Å². The number of hydrogen-bond acceptors (Lipinski definition) is 3. The smallest absolute Gasteiger partial charge is 0.408 e. The summed E-state index contributed by atoms with van der Waals surface area (Å²) in [5, 5.41) is 2.56. The number of rotatable bonds is 3. The summed E-state index contributed by atoms with van der Waals surface area (Å²) in [7, 11) is 0. The lowest BCUT2D eigenvalue weighted by molar-refractivity contribution is -0.123. The van der Waals surface area contributed by atoms with Crippen LogP contribution in [0.4, 0.5) is 4.79 Å². The minimum atomic E-state index is -0.514. The zero-order valence-electron chi connectivity index (χ0n) is 11.5. The molecular weight excluding hydrogens is 230 g/mol. The molecule has 0 aromatic heterocycles. The summed E-state index contributed by atoms with van der Waals surface area (Å²) in [5.74, 6) is 1.68. The fourth-order valence-corrected chi connectivity index (χ4v) is 3.24. The van der Waals surface area contributed by atoms with Gasteiger partial charge in [0.1, 0.15) is 5.60 Å². The second kappa shape index (κ2) is 4.90. The van der Waals surface area contributed by atoms with Crippen LogP contribution in [0.1, 0.15) is 46.5 Å². The number of ether oxygens (including phenoxy) is 1. The fraction of sp³-hybridized carbons (Fsp3) is 0.857. The SMILES string of the molecule is CC(C)(C)OC(=O)NCC(=O)C1CC2CCC1C2. The van der Waals surface area contributed by atoms with Crippen LogP contribution in [-0.4, -0.2) is 24.0 Å². The Morgan fingerprint density at radius 3 is 2.44 bits per heavy atom. The molecule has 0 saturated heterocycles. The number of carbonyl (C=O) groups excluding carboxylic acids is 2.